The van der Waals surface area contributed by atoms with Gasteiger partial charge in [-0.3, -0.25) is 4.90 Å². The van der Waals surface area contributed by atoms with Gasteiger partial charge in [0.15, 0.2) is 5.65 Å². The number of nitrogens with two attached hydrogens (primary N) is 1. The molecule has 11 heteroatoms. The third kappa shape index (κ3) is 6.44. The molecule has 1 saturated heterocycles. The number of imidazole rings is 1. The number of H-pyrrole nitrogens is 1. The van der Waals surface area contributed by atoms with Crippen molar-refractivity contribution >= 4 is 27.9 Å². The van der Waals surface area contributed by atoms with Crippen molar-refractivity contribution in [3.05, 3.63) is 60.2 Å². The van der Waals surface area contributed by atoms with Gasteiger partial charge in [0.25, 0.3) is 0 Å². The summed E-state index contributed by atoms with van der Waals surface area (Å²) in [6.07, 6.45) is 7.43. The molecule has 2 fully saturated rings. The van der Waals surface area contributed by atoms with Gasteiger partial charge < -0.3 is 25.5 Å². The summed E-state index contributed by atoms with van der Waals surface area (Å²) < 4.78 is 7.50. The van der Waals surface area contributed by atoms with Crippen molar-refractivity contribution in [1.29, 1.82) is 0 Å². The van der Waals surface area contributed by atoms with E-state index in [9.17, 15) is 5.11 Å². The van der Waals surface area contributed by atoms with E-state index in [1.807, 2.05) is 38.1 Å². The zero-order valence-electron chi connectivity index (χ0n) is 27.1. The number of piperazine rings is 1. The van der Waals surface area contributed by atoms with Gasteiger partial charge in [-0.1, -0.05) is 18.2 Å². The SMILES string of the molecule is COc1cccc(Cc2nc3ccc(-c4nn([C@H]5CC[C@@H](N6CCN(CCC(C)(C)O)CC6)CC5)c5ncnc(N)c45)cc3[nH]2)c1. The molecule has 2 aromatic carbocycles. The maximum absolute atomic E-state index is 10.1. The summed E-state index contributed by atoms with van der Waals surface area (Å²) in [6.45, 7) is 9.08. The number of nitrogens with zero attached hydrogens (tertiary/aromatic N) is 7. The van der Waals surface area contributed by atoms with Gasteiger partial charge in [0, 0.05) is 50.7 Å². The predicted octanol–water partition coefficient (Wildman–Crippen LogP) is 4.81. The van der Waals surface area contributed by atoms with Crippen LogP contribution < -0.4 is 10.5 Å². The van der Waals surface area contributed by atoms with E-state index in [0.717, 1.165) is 115 Å². The Morgan fingerprint density at radius 1 is 1.00 bits per heavy atom. The van der Waals surface area contributed by atoms with Crippen LogP contribution in [0.2, 0.25) is 0 Å². The summed E-state index contributed by atoms with van der Waals surface area (Å²) >= 11 is 0. The normalized spacial score (nSPS) is 20.1. The summed E-state index contributed by atoms with van der Waals surface area (Å²) in [4.78, 5) is 22.5. The van der Waals surface area contributed by atoms with Gasteiger partial charge in [-0.05, 0) is 75.8 Å². The van der Waals surface area contributed by atoms with Crippen molar-refractivity contribution in [2.75, 3.05) is 45.6 Å². The molecule has 0 amide bonds. The fourth-order valence-electron chi connectivity index (χ4n) is 7.17. The molecule has 1 aliphatic heterocycles. The highest BCUT2D eigenvalue weighted by Gasteiger charge is 2.31. The van der Waals surface area contributed by atoms with E-state index in [0.29, 0.717) is 18.3 Å². The van der Waals surface area contributed by atoms with E-state index >= 15 is 0 Å². The first-order valence-corrected chi connectivity index (χ1v) is 16.5. The fraction of sp³-hybridized carbons (Fsp3) is 0.486. The number of aromatic amines is 1. The number of nitrogen functional groups attached to an aromatic ring is 1. The van der Waals surface area contributed by atoms with Crippen molar-refractivity contribution in [3.63, 3.8) is 0 Å². The van der Waals surface area contributed by atoms with Crippen LogP contribution >= 0.6 is 0 Å². The Hall–Kier alpha value is -4.06. The van der Waals surface area contributed by atoms with E-state index in [1.165, 1.54) is 0 Å². The Bertz CT molecular complexity index is 1810. The molecule has 0 unspecified atom stereocenters. The Kier molecular flexibility index (Phi) is 8.39. The molecule has 2 aliphatic rings. The van der Waals surface area contributed by atoms with Gasteiger partial charge >= 0.3 is 0 Å². The first-order valence-electron chi connectivity index (χ1n) is 16.5. The van der Waals surface area contributed by atoms with Crippen LogP contribution in [0.3, 0.4) is 0 Å². The highest BCUT2D eigenvalue weighted by molar-refractivity contribution is 5.99. The molecule has 4 N–H and O–H groups in total. The molecular weight excluding hydrogens is 578 g/mol. The van der Waals surface area contributed by atoms with Crippen LogP contribution in [0.15, 0.2) is 48.8 Å². The lowest BCUT2D eigenvalue weighted by Crippen LogP contribution is -2.51. The smallest absolute Gasteiger partial charge is 0.164 e. The van der Waals surface area contributed by atoms with E-state index in [1.54, 1.807) is 13.4 Å². The number of nitrogens with one attached hydrogen (secondary N) is 1. The Morgan fingerprint density at radius 3 is 2.54 bits per heavy atom. The van der Waals surface area contributed by atoms with E-state index < -0.39 is 5.60 Å². The van der Waals surface area contributed by atoms with Crippen LogP contribution in [-0.2, 0) is 6.42 Å². The monoisotopic (exact) mass is 623 g/mol. The summed E-state index contributed by atoms with van der Waals surface area (Å²) in [5, 5.41) is 16.1. The highest BCUT2D eigenvalue weighted by Crippen LogP contribution is 2.37. The second kappa shape index (κ2) is 12.6. The Balaban J connectivity index is 1.07. The number of hydrogen-bond acceptors (Lipinski definition) is 9. The Labute approximate surface area is 269 Å². The average Bonchev–Trinajstić information content (AvgIpc) is 3.65. The van der Waals surface area contributed by atoms with E-state index in [-0.39, 0.29) is 6.04 Å². The first kappa shape index (κ1) is 30.6. The molecule has 11 nitrogen and oxygen atoms in total. The summed E-state index contributed by atoms with van der Waals surface area (Å²) in [5.74, 6) is 2.18. The maximum atomic E-state index is 10.1. The largest absolute Gasteiger partial charge is 0.497 e. The van der Waals surface area contributed by atoms with Crippen LogP contribution in [0.1, 0.15) is 63.4 Å². The maximum Gasteiger partial charge on any atom is 0.164 e. The molecule has 4 heterocycles. The molecule has 0 radical (unpaired) electrons. The van der Waals surface area contributed by atoms with E-state index in [2.05, 4.69) is 47.6 Å². The van der Waals surface area contributed by atoms with Crippen molar-refractivity contribution in [3.8, 4) is 17.0 Å². The van der Waals surface area contributed by atoms with Crippen molar-refractivity contribution < 1.29 is 9.84 Å². The molecule has 3 aromatic heterocycles. The fourth-order valence-corrected chi connectivity index (χ4v) is 7.17. The first-order chi connectivity index (χ1) is 22.2. The Morgan fingerprint density at radius 2 is 1.78 bits per heavy atom. The molecule has 242 valence electrons. The standard InChI is InChI=1S/C35H45N9O2/c1-35(2,45)13-14-42-15-17-43(18-16-42)25-8-10-26(11-9-25)44-34-31(33(36)37-22-38-34)32(41-44)24-7-12-28-29(21-24)40-30(39-28)20-23-5-4-6-27(19-23)46-3/h4-7,12,19,21-22,25-26,45H,8-11,13-18,20H2,1-3H3,(H,39,40)(H2,36,37,38)/t25-,26+. The van der Waals surface area contributed by atoms with Crippen LogP contribution in [0.25, 0.3) is 33.3 Å². The van der Waals surface area contributed by atoms with Crippen LogP contribution in [0, 0.1) is 0 Å². The number of fused-ring (bicyclic) bond motifs is 2. The second-order valence-corrected chi connectivity index (χ2v) is 13.6. The van der Waals surface area contributed by atoms with Crippen molar-refractivity contribution in [1.82, 2.24) is 39.5 Å². The minimum absolute atomic E-state index is 0.264. The van der Waals surface area contributed by atoms with Gasteiger partial charge in [0.1, 0.15) is 29.4 Å². The third-order valence-electron chi connectivity index (χ3n) is 9.80. The average molecular weight is 624 g/mol. The zero-order valence-corrected chi connectivity index (χ0v) is 27.1. The lowest BCUT2D eigenvalue weighted by atomic mass is 9.90. The molecule has 1 aliphatic carbocycles. The molecule has 5 aromatic rings. The quantitative estimate of drug-likeness (QED) is 0.211. The highest BCUT2D eigenvalue weighted by atomic mass is 16.5. The summed E-state index contributed by atoms with van der Waals surface area (Å²) in [5.41, 5.74) is 11.4. The number of methoxy groups -OCH3 is 1. The summed E-state index contributed by atoms with van der Waals surface area (Å²) in [6, 6.07) is 15.1. The molecule has 0 bridgehead atoms. The van der Waals surface area contributed by atoms with E-state index in [4.69, 9.17) is 20.6 Å². The molecule has 0 atom stereocenters. The second-order valence-electron chi connectivity index (χ2n) is 13.6. The van der Waals surface area contributed by atoms with Crippen LogP contribution in [0.5, 0.6) is 5.75 Å². The number of anilines is 1. The topological polar surface area (TPSA) is 134 Å². The number of aromatic nitrogens is 6. The van der Waals surface area contributed by atoms with Crippen molar-refractivity contribution in [2.45, 2.75) is 70.1 Å². The minimum Gasteiger partial charge on any atom is -0.497 e. The zero-order chi connectivity index (χ0) is 31.8. The number of benzene rings is 2. The van der Waals surface area contributed by atoms with Crippen molar-refractivity contribution in [2.24, 2.45) is 0 Å². The van der Waals surface area contributed by atoms with Gasteiger partial charge in [-0.2, -0.15) is 5.10 Å². The lowest BCUT2D eigenvalue weighted by Gasteiger charge is -2.42. The lowest BCUT2D eigenvalue weighted by molar-refractivity contribution is 0.0356. The number of hydrogen-bond donors (Lipinski definition) is 3. The number of aliphatic hydroxyl groups is 1. The van der Waals surface area contributed by atoms with Gasteiger partial charge in [0.05, 0.1) is 35.2 Å². The molecule has 0 spiro atoms. The number of rotatable bonds is 9. The van der Waals surface area contributed by atoms with Gasteiger partial charge in [-0.25, -0.2) is 19.6 Å². The third-order valence-corrected chi connectivity index (χ3v) is 9.80. The van der Waals surface area contributed by atoms with Crippen LogP contribution in [0.4, 0.5) is 5.82 Å². The minimum atomic E-state index is -0.602. The molecule has 7 rings (SSSR count). The predicted molar refractivity (Wildman–Crippen MR) is 181 cm³/mol. The molecule has 46 heavy (non-hydrogen) atoms. The van der Waals surface area contributed by atoms with Gasteiger partial charge in [-0.15, -0.1) is 0 Å². The molecule has 1 saturated carbocycles. The number of ether oxygens (including phenoxy) is 1. The molecular formula is C35H45N9O2. The van der Waals surface area contributed by atoms with Crippen LogP contribution in [-0.4, -0.2) is 96.1 Å². The summed E-state index contributed by atoms with van der Waals surface area (Å²) in [7, 11) is 1.68. The van der Waals surface area contributed by atoms with Gasteiger partial charge in [0.2, 0.25) is 0 Å².